The minimum Gasteiger partial charge on any atom is -0.495 e. The van der Waals surface area contributed by atoms with Crippen molar-refractivity contribution in [3.8, 4) is 5.75 Å². The monoisotopic (exact) mass is 313 g/mol. The van der Waals surface area contributed by atoms with Crippen LogP contribution in [0.25, 0.3) is 0 Å². The zero-order chi connectivity index (χ0) is 16.2. The number of carbonyl (C=O) groups excluding carboxylic acids is 1. The number of aromatic nitrogens is 1. The Kier molecular flexibility index (Phi) is 5.45. The summed E-state index contributed by atoms with van der Waals surface area (Å²) in [6.45, 7) is 1.57. The van der Waals surface area contributed by atoms with E-state index in [2.05, 4.69) is 14.5 Å². The number of rotatable bonds is 5. The normalized spacial score (nSPS) is 11.6. The molecule has 0 saturated carbocycles. The molecule has 0 aromatic carbocycles. The van der Waals surface area contributed by atoms with E-state index in [1.807, 2.05) is 0 Å². The highest BCUT2D eigenvalue weighted by molar-refractivity contribution is 5.73. The molecule has 9 heteroatoms. The number of ether oxygens (including phenoxy) is 2. The van der Waals surface area contributed by atoms with Gasteiger partial charge in [0, 0.05) is 0 Å². The summed E-state index contributed by atoms with van der Waals surface area (Å²) in [6.07, 6.45) is -9.00. The van der Waals surface area contributed by atoms with E-state index in [-0.39, 0.29) is 12.3 Å². The predicted octanol–water partition coefficient (Wildman–Crippen LogP) is 3.15. The van der Waals surface area contributed by atoms with Crippen molar-refractivity contribution in [1.29, 1.82) is 0 Å². The first-order chi connectivity index (χ1) is 9.70. The molecule has 0 aliphatic rings. The van der Waals surface area contributed by atoms with Gasteiger partial charge in [-0.2, -0.15) is 13.2 Å². The Bertz CT molecular complexity index is 516. The lowest BCUT2D eigenvalue weighted by atomic mass is 10.1. The largest absolute Gasteiger partial charge is 0.495 e. The van der Waals surface area contributed by atoms with Crippen LogP contribution in [0, 0.1) is 0 Å². The smallest absolute Gasteiger partial charge is 0.418 e. The average Bonchev–Trinajstić information content (AvgIpc) is 2.37. The standard InChI is InChI=1S/C12H12F5NO3/c1-3-21-9(19)5-7-8(20-2)4-6(12(15,16)17)10(18-7)11(13)14/h4,11H,3,5H2,1-2H3. The van der Waals surface area contributed by atoms with Crippen molar-refractivity contribution >= 4 is 5.97 Å². The second-order valence-corrected chi connectivity index (χ2v) is 3.85. The van der Waals surface area contributed by atoms with Gasteiger partial charge in [-0.25, -0.2) is 13.8 Å². The molecule has 21 heavy (non-hydrogen) atoms. The molecule has 0 radical (unpaired) electrons. The van der Waals surface area contributed by atoms with Gasteiger partial charge in [0.05, 0.1) is 31.4 Å². The lowest BCUT2D eigenvalue weighted by molar-refractivity contribution is -0.142. The lowest BCUT2D eigenvalue weighted by Crippen LogP contribution is -2.16. The number of methoxy groups -OCH3 is 1. The third kappa shape index (κ3) is 4.27. The summed E-state index contributed by atoms with van der Waals surface area (Å²) in [5.74, 6) is -1.21. The van der Waals surface area contributed by atoms with E-state index in [4.69, 9.17) is 0 Å². The van der Waals surface area contributed by atoms with Gasteiger partial charge in [0.2, 0.25) is 0 Å². The van der Waals surface area contributed by atoms with Crippen LogP contribution < -0.4 is 4.74 Å². The molecule has 0 amide bonds. The molecule has 0 fully saturated rings. The molecule has 0 aliphatic carbocycles. The minimum atomic E-state index is -5.01. The summed E-state index contributed by atoms with van der Waals surface area (Å²) in [6, 6.07) is 0.406. The van der Waals surface area contributed by atoms with Crippen LogP contribution in [-0.4, -0.2) is 24.7 Å². The van der Waals surface area contributed by atoms with Crippen molar-refractivity contribution in [2.24, 2.45) is 0 Å². The number of pyridine rings is 1. The van der Waals surface area contributed by atoms with E-state index in [1.54, 1.807) is 0 Å². The summed E-state index contributed by atoms with van der Waals surface area (Å²) in [5, 5.41) is 0. The van der Waals surface area contributed by atoms with Gasteiger partial charge in [0.15, 0.2) is 0 Å². The minimum absolute atomic E-state index is 0.0451. The predicted molar refractivity (Wildman–Crippen MR) is 61.1 cm³/mol. The van der Waals surface area contributed by atoms with Crippen LogP contribution in [0.1, 0.15) is 30.3 Å². The number of esters is 1. The van der Waals surface area contributed by atoms with Gasteiger partial charge in [0.25, 0.3) is 6.43 Å². The topological polar surface area (TPSA) is 48.4 Å². The zero-order valence-corrected chi connectivity index (χ0v) is 11.1. The number of alkyl halides is 5. The Morgan fingerprint density at radius 1 is 1.38 bits per heavy atom. The van der Waals surface area contributed by atoms with E-state index in [9.17, 15) is 26.7 Å². The molecule has 1 aromatic rings. The molecule has 0 bridgehead atoms. The van der Waals surface area contributed by atoms with Gasteiger partial charge in [-0.05, 0) is 13.0 Å². The highest BCUT2D eigenvalue weighted by atomic mass is 19.4. The number of hydrogen-bond acceptors (Lipinski definition) is 4. The summed E-state index contributed by atoms with van der Waals surface area (Å²) >= 11 is 0. The van der Waals surface area contributed by atoms with E-state index in [1.165, 1.54) is 6.92 Å². The van der Waals surface area contributed by atoms with Crippen molar-refractivity contribution in [1.82, 2.24) is 4.98 Å². The van der Waals surface area contributed by atoms with Crippen molar-refractivity contribution in [3.63, 3.8) is 0 Å². The number of carbonyl (C=O) groups is 1. The SMILES string of the molecule is CCOC(=O)Cc1nc(C(F)F)c(C(F)(F)F)cc1OC. The first-order valence-electron chi connectivity index (χ1n) is 5.79. The fourth-order valence-corrected chi connectivity index (χ4v) is 1.59. The van der Waals surface area contributed by atoms with E-state index < -0.39 is 42.0 Å². The molecule has 0 saturated heterocycles. The Hall–Kier alpha value is -1.93. The van der Waals surface area contributed by atoms with E-state index >= 15 is 0 Å². The average molecular weight is 313 g/mol. The molecular formula is C12H12F5NO3. The number of nitrogens with zero attached hydrogens (tertiary/aromatic N) is 1. The van der Waals surface area contributed by atoms with Crippen molar-refractivity contribution in [3.05, 3.63) is 23.0 Å². The zero-order valence-electron chi connectivity index (χ0n) is 11.1. The quantitative estimate of drug-likeness (QED) is 0.619. The lowest BCUT2D eigenvalue weighted by Gasteiger charge is -2.15. The van der Waals surface area contributed by atoms with Crippen LogP contribution in [0.15, 0.2) is 6.07 Å². The molecule has 1 rings (SSSR count). The Morgan fingerprint density at radius 3 is 2.43 bits per heavy atom. The Morgan fingerprint density at radius 2 is 2.00 bits per heavy atom. The van der Waals surface area contributed by atoms with Gasteiger partial charge in [-0.3, -0.25) is 4.79 Å². The molecule has 1 aromatic heterocycles. The van der Waals surface area contributed by atoms with E-state index in [0.29, 0.717) is 6.07 Å². The molecule has 0 aliphatic heterocycles. The first kappa shape index (κ1) is 17.1. The van der Waals surface area contributed by atoms with Crippen LogP contribution in [0.3, 0.4) is 0 Å². The second-order valence-electron chi connectivity index (χ2n) is 3.85. The van der Waals surface area contributed by atoms with Crippen LogP contribution in [0.5, 0.6) is 5.75 Å². The van der Waals surface area contributed by atoms with E-state index in [0.717, 1.165) is 7.11 Å². The number of halogens is 5. The number of hydrogen-bond donors (Lipinski definition) is 0. The van der Waals surface area contributed by atoms with Crippen LogP contribution in [0.2, 0.25) is 0 Å². The Balaban J connectivity index is 3.33. The highest BCUT2D eigenvalue weighted by Crippen LogP contribution is 2.38. The van der Waals surface area contributed by atoms with Crippen LogP contribution in [-0.2, 0) is 22.1 Å². The van der Waals surface area contributed by atoms with Crippen LogP contribution in [0.4, 0.5) is 22.0 Å². The van der Waals surface area contributed by atoms with Crippen molar-refractivity contribution < 1.29 is 36.2 Å². The molecule has 1 heterocycles. The summed E-state index contributed by atoms with van der Waals surface area (Å²) in [5.41, 5.74) is -3.37. The second kappa shape index (κ2) is 6.68. The molecule has 0 unspecified atom stereocenters. The molecule has 0 atom stereocenters. The summed E-state index contributed by atoms with van der Waals surface area (Å²) < 4.78 is 72.9. The summed E-state index contributed by atoms with van der Waals surface area (Å²) in [4.78, 5) is 14.6. The van der Waals surface area contributed by atoms with Crippen molar-refractivity contribution in [2.75, 3.05) is 13.7 Å². The van der Waals surface area contributed by atoms with Gasteiger partial charge >= 0.3 is 12.1 Å². The van der Waals surface area contributed by atoms with Crippen molar-refractivity contribution in [2.45, 2.75) is 25.9 Å². The molecule has 118 valence electrons. The maximum atomic E-state index is 12.7. The van der Waals surface area contributed by atoms with Crippen LogP contribution >= 0.6 is 0 Å². The fourth-order valence-electron chi connectivity index (χ4n) is 1.59. The molecule has 4 nitrogen and oxygen atoms in total. The maximum absolute atomic E-state index is 12.7. The summed E-state index contributed by atoms with van der Waals surface area (Å²) in [7, 11) is 1.05. The third-order valence-corrected chi connectivity index (χ3v) is 2.44. The van der Waals surface area contributed by atoms with Gasteiger partial charge in [-0.1, -0.05) is 0 Å². The third-order valence-electron chi connectivity index (χ3n) is 2.44. The van der Waals surface area contributed by atoms with Gasteiger partial charge in [-0.15, -0.1) is 0 Å². The van der Waals surface area contributed by atoms with Gasteiger partial charge in [0.1, 0.15) is 11.4 Å². The molecule has 0 spiro atoms. The first-order valence-corrected chi connectivity index (χ1v) is 5.79. The fraction of sp³-hybridized carbons (Fsp3) is 0.500. The highest BCUT2D eigenvalue weighted by Gasteiger charge is 2.38. The van der Waals surface area contributed by atoms with Gasteiger partial charge < -0.3 is 9.47 Å². The molecule has 0 N–H and O–H groups in total. The Labute approximate surface area is 116 Å². The molecular weight excluding hydrogens is 301 g/mol. The maximum Gasteiger partial charge on any atom is 0.418 e.